The predicted molar refractivity (Wildman–Crippen MR) is 78.0 cm³/mol. The van der Waals surface area contributed by atoms with Gasteiger partial charge in [-0.2, -0.15) is 0 Å². The average molecular weight is 265 g/mol. The maximum atomic E-state index is 8.72. The molecule has 0 saturated heterocycles. The number of nitrogens with two attached hydrogens (primary N) is 1. The highest BCUT2D eigenvalue weighted by atomic mass is 16.5. The summed E-state index contributed by atoms with van der Waals surface area (Å²) in [5, 5.41) is 15.1. The number of methoxy groups -OCH3 is 1. The van der Waals surface area contributed by atoms with Crippen LogP contribution in [0.25, 0.3) is 0 Å². The number of hydrogen-bond donors (Lipinski definition) is 3. The largest absolute Gasteiger partial charge is 0.497 e. The predicted octanol–water partition coefficient (Wildman–Crippen LogP) is 2.58. The van der Waals surface area contributed by atoms with Crippen molar-refractivity contribution in [2.45, 2.75) is 27.2 Å². The third kappa shape index (κ3) is 4.05. The number of oxime groups is 1. The summed E-state index contributed by atoms with van der Waals surface area (Å²) < 4.78 is 5.17. The Balaban J connectivity index is 2.59. The first kappa shape index (κ1) is 15.1. The van der Waals surface area contributed by atoms with E-state index in [-0.39, 0.29) is 11.3 Å². The number of anilines is 1. The molecule has 4 N–H and O–H groups in total. The van der Waals surface area contributed by atoms with Gasteiger partial charge in [-0.25, -0.2) is 0 Å². The highest BCUT2D eigenvalue weighted by molar-refractivity contribution is 5.85. The van der Waals surface area contributed by atoms with Crippen molar-refractivity contribution < 1.29 is 9.94 Å². The van der Waals surface area contributed by atoms with Gasteiger partial charge in [0.2, 0.25) is 0 Å². The van der Waals surface area contributed by atoms with Gasteiger partial charge in [0.05, 0.1) is 7.11 Å². The number of hydrogen-bond acceptors (Lipinski definition) is 4. The lowest BCUT2D eigenvalue weighted by Gasteiger charge is -2.23. The molecule has 0 radical (unpaired) electrons. The fraction of sp³-hybridized carbons (Fsp3) is 0.500. The van der Waals surface area contributed by atoms with Crippen molar-refractivity contribution in [3.05, 3.63) is 23.8 Å². The first-order valence-corrected chi connectivity index (χ1v) is 6.27. The van der Waals surface area contributed by atoms with E-state index in [4.69, 9.17) is 15.7 Å². The summed E-state index contributed by atoms with van der Waals surface area (Å²) in [6, 6.07) is 5.89. The maximum absolute atomic E-state index is 8.72. The monoisotopic (exact) mass is 265 g/mol. The van der Waals surface area contributed by atoms with E-state index in [1.807, 2.05) is 39.0 Å². The molecule has 0 atom stereocenters. The lowest BCUT2D eigenvalue weighted by atomic mass is 9.88. The Kier molecular flexibility index (Phi) is 5.03. The van der Waals surface area contributed by atoms with Crippen molar-refractivity contribution in [2.75, 3.05) is 19.0 Å². The van der Waals surface area contributed by atoms with Gasteiger partial charge >= 0.3 is 0 Å². The Morgan fingerprint density at radius 1 is 1.47 bits per heavy atom. The van der Waals surface area contributed by atoms with Crippen LogP contribution in [0.5, 0.6) is 5.75 Å². The van der Waals surface area contributed by atoms with Crippen LogP contribution in [0.3, 0.4) is 0 Å². The van der Waals surface area contributed by atoms with E-state index in [1.165, 1.54) is 0 Å². The van der Waals surface area contributed by atoms with E-state index in [2.05, 4.69) is 10.5 Å². The molecule has 1 rings (SSSR count). The zero-order valence-corrected chi connectivity index (χ0v) is 12.0. The van der Waals surface area contributed by atoms with Crippen molar-refractivity contribution in [2.24, 2.45) is 16.3 Å². The molecule has 0 aromatic heterocycles. The Labute approximate surface area is 114 Å². The highest BCUT2D eigenvalue weighted by Gasteiger charge is 2.22. The van der Waals surface area contributed by atoms with Gasteiger partial charge < -0.3 is 21.0 Å². The SMILES string of the molecule is COc1ccc(NCCC(C)(C)C(N)=NO)c(C)c1. The molecule has 0 aliphatic rings. The van der Waals surface area contributed by atoms with E-state index < -0.39 is 0 Å². The van der Waals surface area contributed by atoms with Gasteiger partial charge in [-0.15, -0.1) is 0 Å². The molecule has 1 aromatic rings. The summed E-state index contributed by atoms with van der Waals surface area (Å²) in [4.78, 5) is 0. The summed E-state index contributed by atoms with van der Waals surface area (Å²) in [7, 11) is 1.65. The van der Waals surface area contributed by atoms with Crippen LogP contribution in [0.15, 0.2) is 23.4 Å². The number of amidine groups is 1. The van der Waals surface area contributed by atoms with Gasteiger partial charge in [-0.05, 0) is 37.1 Å². The second kappa shape index (κ2) is 6.31. The molecule has 0 unspecified atom stereocenters. The zero-order chi connectivity index (χ0) is 14.5. The molecule has 0 aliphatic carbocycles. The van der Waals surface area contributed by atoms with Crippen molar-refractivity contribution in [3.8, 4) is 5.75 Å². The summed E-state index contributed by atoms with van der Waals surface area (Å²) in [5.41, 5.74) is 7.51. The fourth-order valence-electron chi connectivity index (χ4n) is 1.73. The summed E-state index contributed by atoms with van der Waals surface area (Å²) >= 11 is 0. The van der Waals surface area contributed by atoms with E-state index >= 15 is 0 Å². The maximum Gasteiger partial charge on any atom is 0.144 e. The Bertz CT molecular complexity index is 456. The van der Waals surface area contributed by atoms with Gasteiger partial charge in [-0.1, -0.05) is 19.0 Å². The molecule has 0 amide bonds. The summed E-state index contributed by atoms with van der Waals surface area (Å²) in [6.45, 7) is 6.67. The van der Waals surface area contributed by atoms with Crippen LogP contribution in [0, 0.1) is 12.3 Å². The van der Waals surface area contributed by atoms with Crippen molar-refractivity contribution in [1.82, 2.24) is 0 Å². The summed E-state index contributed by atoms with van der Waals surface area (Å²) in [5.74, 6) is 1.10. The number of aryl methyl sites for hydroxylation is 1. The van der Waals surface area contributed by atoms with Crippen LogP contribution in [0.1, 0.15) is 25.8 Å². The quantitative estimate of drug-likeness (QED) is 0.320. The third-order valence-corrected chi connectivity index (χ3v) is 3.30. The average Bonchev–Trinajstić information content (AvgIpc) is 2.39. The number of ether oxygens (including phenoxy) is 1. The van der Waals surface area contributed by atoms with E-state index in [0.717, 1.165) is 30.0 Å². The van der Waals surface area contributed by atoms with Crippen molar-refractivity contribution in [3.63, 3.8) is 0 Å². The third-order valence-electron chi connectivity index (χ3n) is 3.30. The van der Waals surface area contributed by atoms with E-state index in [9.17, 15) is 0 Å². The van der Waals surface area contributed by atoms with Gasteiger partial charge in [0.1, 0.15) is 11.6 Å². The van der Waals surface area contributed by atoms with Gasteiger partial charge in [-0.3, -0.25) is 0 Å². The number of rotatable bonds is 6. The minimum atomic E-state index is -0.331. The van der Waals surface area contributed by atoms with Crippen LogP contribution < -0.4 is 15.8 Å². The molecule has 0 heterocycles. The second-order valence-corrected chi connectivity index (χ2v) is 5.23. The molecule has 0 fully saturated rings. The molecule has 5 nitrogen and oxygen atoms in total. The first-order valence-electron chi connectivity index (χ1n) is 6.27. The van der Waals surface area contributed by atoms with Gasteiger partial charge in [0, 0.05) is 17.6 Å². The normalized spacial score (nSPS) is 12.3. The first-order chi connectivity index (χ1) is 8.90. The number of benzene rings is 1. The summed E-state index contributed by atoms with van der Waals surface area (Å²) in [6.07, 6.45) is 0.772. The standard InChI is InChI=1S/C14H23N3O2/c1-10-9-11(19-4)5-6-12(10)16-8-7-14(2,3)13(15)17-18/h5-6,9,16,18H,7-8H2,1-4H3,(H2,15,17). The molecule has 19 heavy (non-hydrogen) atoms. The van der Waals surface area contributed by atoms with Crippen LogP contribution in [-0.4, -0.2) is 24.7 Å². The minimum absolute atomic E-state index is 0.251. The van der Waals surface area contributed by atoms with Gasteiger partial charge in [0.25, 0.3) is 0 Å². The smallest absolute Gasteiger partial charge is 0.144 e. The fourth-order valence-corrected chi connectivity index (χ4v) is 1.73. The van der Waals surface area contributed by atoms with Crippen LogP contribution in [0.2, 0.25) is 0 Å². The zero-order valence-electron chi connectivity index (χ0n) is 12.0. The lowest BCUT2D eigenvalue weighted by Crippen LogP contribution is -2.33. The lowest BCUT2D eigenvalue weighted by molar-refractivity contribution is 0.306. The minimum Gasteiger partial charge on any atom is -0.497 e. The van der Waals surface area contributed by atoms with Crippen LogP contribution >= 0.6 is 0 Å². The Morgan fingerprint density at radius 2 is 2.16 bits per heavy atom. The Hall–Kier alpha value is -1.91. The van der Waals surface area contributed by atoms with Crippen LogP contribution in [-0.2, 0) is 0 Å². The molecule has 1 aromatic carbocycles. The Morgan fingerprint density at radius 3 is 2.68 bits per heavy atom. The van der Waals surface area contributed by atoms with Crippen molar-refractivity contribution >= 4 is 11.5 Å². The van der Waals surface area contributed by atoms with Gasteiger partial charge in [0.15, 0.2) is 0 Å². The topological polar surface area (TPSA) is 79.9 Å². The highest BCUT2D eigenvalue weighted by Crippen LogP contribution is 2.23. The molecule has 0 spiro atoms. The molecule has 5 heteroatoms. The molecule has 0 saturated carbocycles. The molecular formula is C14H23N3O2. The van der Waals surface area contributed by atoms with Crippen molar-refractivity contribution in [1.29, 1.82) is 0 Å². The molecule has 0 bridgehead atoms. The molecule has 0 aliphatic heterocycles. The number of nitrogens with zero attached hydrogens (tertiary/aromatic N) is 1. The number of nitrogens with one attached hydrogen (secondary N) is 1. The van der Waals surface area contributed by atoms with E-state index in [0.29, 0.717) is 0 Å². The van der Waals surface area contributed by atoms with E-state index in [1.54, 1.807) is 7.11 Å². The molecule has 106 valence electrons. The second-order valence-electron chi connectivity index (χ2n) is 5.23. The molecular weight excluding hydrogens is 242 g/mol. The van der Waals surface area contributed by atoms with Crippen LogP contribution in [0.4, 0.5) is 5.69 Å².